The first-order valence-corrected chi connectivity index (χ1v) is 5.71. The van der Waals surface area contributed by atoms with Crippen LogP contribution in [0.3, 0.4) is 0 Å². The number of nitrogens with one attached hydrogen (secondary N) is 2. The molecule has 0 aliphatic carbocycles. The van der Waals surface area contributed by atoms with Crippen LogP contribution in [0, 0.1) is 0 Å². The van der Waals surface area contributed by atoms with Crippen LogP contribution in [0.15, 0.2) is 18.7 Å². The van der Waals surface area contributed by atoms with Gasteiger partial charge in [0.1, 0.15) is 0 Å². The van der Waals surface area contributed by atoms with Gasteiger partial charge in [0.2, 0.25) is 0 Å². The number of thiocarbonyl (C=S) groups is 1. The minimum absolute atomic E-state index is 0.739. The van der Waals surface area contributed by atoms with E-state index >= 15 is 0 Å². The number of aromatic nitrogens is 2. The van der Waals surface area contributed by atoms with Crippen molar-refractivity contribution in [2.45, 2.75) is 26.3 Å². The topological polar surface area (TPSA) is 41.9 Å². The Bertz CT molecular complexity index is 271. The molecule has 4 nitrogen and oxygen atoms in total. The molecular formula is C10H18N4S. The van der Waals surface area contributed by atoms with Gasteiger partial charge in [0.15, 0.2) is 5.11 Å². The highest BCUT2D eigenvalue weighted by Gasteiger charge is 1.94. The summed E-state index contributed by atoms with van der Waals surface area (Å²) in [5, 5.41) is 7.05. The van der Waals surface area contributed by atoms with E-state index < -0.39 is 0 Å². The second-order valence-corrected chi connectivity index (χ2v) is 3.74. The van der Waals surface area contributed by atoms with Crippen LogP contribution in [-0.2, 0) is 6.54 Å². The Morgan fingerprint density at radius 1 is 1.40 bits per heavy atom. The molecule has 1 rings (SSSR count). The van der Waals surface area contributed by atoms with Crippen molar-refractivity contribution in [2.24, 2.45) is 0 Å². The molecule has 0 saturated heterocycles. The summed E-state index contributed by atoms with van der Waals surface area (Å²) in [7, 11) is 0. The highest BCUT2D eigenvalue weighted by atomic mass is 32.1. The van der Waals surface area contributed by atoms with Gasteiger partial charge in [0, 0.05) is 32.0 Å². The number of nitrogens with zero attached hydrogens (tertiary/aromatic N) is 2. The standard InChI is InChI=1S/C10H18N4S/c1-2-3-4-12-10(15)13-6-8-14-7-5-11-9-14/h5,7,9H,2-4,6,8H2,1H3,(H2,12,13,15). The lowest BCUT2D eigenvalue weighted by Gasteiger charge is -2.09. The quantitative estimate of drug-likeness (QED) is 0.564. The van der Waals surface area contributed by atoms with Gasteiger partial charge in [-0.1, -0.05) is 13.3 Å². The number of unbranched alkanes of at least 4 members (excludes halogenated alkanes) is 1. The SMILES string of the molecule is CCCCNC(=S)NCCn1ccnc1. The van der Waals surface area contributed by atoms with E-state index in [-0.39, 0.29) is 0 Å². The zero-order valence-electron chi connectivity index (χ0n) is 9.07. The Labute approximate surface area is 96.1 Å². The molecule has 0 aromatic carbocycles. The van der Waals surface area contributed by atoms with Crippen LogP contribution in [0.25, 0.3) is 0 Å². The van der Waals surface area contributed by atoms with Crippen LogP contribution >= 0.6 is 12.2 Å². The summed E-state index contributed by atoms with van der Waals surface area (Å²) >= 11 is 5.12. The van der Waals surface area contributed by atoms with Gasteiger partial charge in [-0.2, -0.15) is 0 Å². The molecule has 0 bridgehead atoms. The molecule has 84 valence electrons. The second kappa shape index (κ2) is 7.23. The van der Waals surface area contributed by atoms with Crippen LogP contribution in [-0.4, -0.2) is 27.8 Å². The van der Waals surface area contributed by atoms with Gasteiger partial charge < -0.3 is 15.2 Å². The molecule has 0 radical (unpaired) electrons. The van der Waals surface area contributed by atoms with Crippen molar-refractivity contribution in [1.29, 1.82) is 0 Å². The molecule has 15 heavy (non-hydrogen) atoms. The summed E-state index contributed by atoms with van der Waals surface area (Å²) in [6.45, 7) is 4.83. The molecule has 1 aromatic heterocycles. The molecule has 0 spiro atoms. The maximum absolute atomic E-state index is 5.12. The van der Waals surface area contributed by atoms with Crippen molar-refractivity contribution in [1.82, 2.24) is 20.2 Å². The Balaban J connectivity index is 2.02. The average molecular weight is 226 g/mol. The van der Waals surface area contributed by atoms with Crippen molar-refractivity contribution in [2.75, 3.05) is 13.1 Å². The molecule has 0 aliphatic heterocycles. The molecule has 0 amide bonds. The maximum Gasteiger partial charge on any atom is 0.166 e. The van der Waals surface area contributed by atoms with Crippen LogP contribution in [0.5, 0.6) is 0 Å². The van der Waals surface area contributed by atoms with E-state index in [0.29, 0.717) is 0 Å². The number of rotatable bonds is 6. The zero-order valence-corrected chi connectivity index (χ0v) is 9.89. The van der Waals surface area contributed by atoms with Gasteiger partial charge in [0.25, 0.3) is 0 Å². The van der Waals surface area contributed by atoms with Gasteiger partial charge in [-0.3, -0.25) is 0 Å². The first-order chi connectivity index (χ1) is 7.33. The minimum atomic E-state index is 0.739. The van der Waals surface area contributed by atoms with Crippen molar-refractivity contribution in [3.8, 4) is 0 Å². The molecule has 0 atom stereocenters. The fourth-order valence-electron chi connectivity index (χ4n) is 1.16. The van der Waals surface area contributed by atoms with Crippen molar-refractivity contribution in [3.05, 3.63) is 18.7 Å². The number of hydrogen-bond acceptors (Lipinski definition) is 2. The molecule has 0 fully saturated rings. The van der Waals surface area contributed by atoms with E-state index in [1.54, 1.807) is 12.5 Å². The molecule has 2 N–H and O–H groups in total. The van der Waals surface area contributed by atoms with Crippen molar-refractivity contribution >= 4 is 17.3 Å². The van der Waals surface area contributed by atoms with Gasteiger partial charge in [0.05, 0.1) is 6.33 Å². The van der Waals surface area contributed by atoms with Gasteiger partial charge in [-0.05, 0) is 18.6 Å². The summed E-state index contributed by atoms with van der Waals surface area (Å²) in [6, 6.07) is 0. The molecule has 1 aromatic rings. The summed E-state index contributed by atoms with van der Waals surface area (Å²) in [6.07, 6.45) is 7.86. The third-order valence-electron chi connectivity index (χ3n) is 2.03. The Kier molecular flexibility index (Phi) is 5.77. The second-order valence-electron chi connectivity index (χ2n) is 3.34. The van der Waals surface area contributed by atoms with Crippen molar-refractivity contribution in [3.63, 3.8) is 0 Å². The lowest BCUT2D eigenvalue weighted by molar-refractivity contribution is 0.662. The smallest absolute Gasteiger partial charge is 0.166 e. The van der Waals surface area contributed by atoms with Gasteiger partial charge in [-0.15, -0.1) is 0 Å². The number of hydrogen-bond donors (Lipinski definition) is 2. The predicted molar refractivity (Wildman–Crippen MR) is 65.7 cm³/mol. The fraction of sp³-hybridized carbons (Fsp3) is 0.600. The van der Waals surface area contributed by atoms with E-state index in [9.17, 15) is 0 Å². The molecule has 0 unspecified atom stereocenters. The third kappa shape index (κ3) is 5.37. The number of imidazole rings is 1. The summed E-state index contributed by atoms with van der Waals surface area (Å²) < 4.78 is 2.02. The normalized spacial score (nSPS) is 9.93. The van der Waals surface area contributed by atoms with Crippen LogP contribution < -0.4 is 10.6 Å². The minimum Gasteiger partial charge on any atom is -0.363 e. The first kappa shape index (κ1) is 12.0. The fourth-order valence-corrected chi connectivity index (χ4v) is 1.36. The lowest BCUT2D eigenvalue weighted by atomic mass is 10.3. The summed E-state index contributed by atoms with van der Waals surface area (Å²) in [5.74, 6) is 0. The first-order valence-electron chi connectivity index (χ1n) is 5.30. The van der Waals surface area contributed by atoms with E-state index in [1.807, 2.05) is 10.8 Å². The van der Waals surface area contributed by atoms with Gasteiger partial charge >= 0.3 is 0 Å². The Morgan fingerprint density at radius 3 is 2.87 bits per heavy atom. The zero-order chi connectivity index (χ0) is 10.9. The molecule has 1 heterocycles. The molecular weight excluding hydrogens is 208 g/mol. The third-order valence-corrected chi connectivity index (χ3v) is 2.32. The predicted octanol–water partition coefficient (Wildman–Crippen LogP) is 1.15. The van der Waals surface area contributed by atoms with Crippen LogP contribution in [0.4, 0.5) is 0 Å². The molecule has 0 aliphatic rings. The monoisotopic (exact) mass is 226 g/mol. The Morgan fingerprint density at radius 2 is 2.20 bits per heavy atom. The van der Waals surface area contributed by atoms with Crippen molar-refractivity contribution < 1.29 is 0 Å². The van der Waals surface area contributed by atoms with E-state index in [0.717, 1.165) is 31.2 Å². The van der Waals surface area contributed by atoms with E-state index in [2.05, 4.69) is 22.5 Å². The summed E-state index contributed by atoms with van der Waals surface area (Å²) in [5.41, 5.74) is 0. The highest BCUT2D eigenvalue weighted by Crippen LogP contribution is 1.84. The lowest BCUT2D eigenvalue weighted by Crippen LogP contribution is -2.37. The van der Waals surface area contributed by atoms with Crippen LogP contribution in [0.2, 0.25) is 0 Å². The van der Waals surface area contributed by atoms with Crippen LogP contribution in [0.1, 0.15) is 19.8 Å². The average Bonchev–Trinajstić information content (AvgIpc) is 2.71. The summed E-state index contributed by atoms with van der Waals surface area (Å²) in [4.78, 5) is 3.97. The molecule has 0 saturated carbocycles. The largest absolute Gasteiger partial charge is 0.363 e. The van der Waals surface area contributed by atoms with E-state index in [4.69, 9.17) is 12.2 Å². The van der Waals surface area contributed by atoms with Gasteiger partial charge in [-0.25, -0.2) is 4.98 Å². The Hall–Kier alpha value is -1.10. The highest BCUT2D eigenvalue weighted by molar-refractivity contribution is 7.80. The maximum atomic E-state index is 5.12. The van der Waals surface area contributed by atoms with E-state index in [1.165, 1.54) is 6.42 Å². The molecule has 5 heteroatoms.